The van der Waals surface area contributed by atoms with E-state index in [0.717, 1.165) is 39.0 Å². The van der Waals surface area contributed by atoms with Crippen LogP contribution in [0, 0.1) is 17.8 Å². The van der Waals surface area contributed by atoms with Crippen LogP contribution in [-0.2, 0) is 9.59 Å². The molecule has 0 bridgehead atoms. The van der Waals surface area contributed by atoms with Gasteiger partial charge in [-0.05, 0) is 120 Å². The fraction of sp³-hybridized carbons (Fsp3) is 0.188. The zero-order valence-electron chi connectivity index (χ0n) is 31.2. The molecule has 2 heterocycles. The first-order chi connectivity index (χ1) is 27.9. The van der Waals surface area contributed by atoms with Gasteiger partial charge in [-0.3, -0.25) is 19.5 Å². The molecular weight excluding hydrogens is 715 g/mol. The Labute approximate surface area is 331 Å². The smallest absolute Gasteiger partial charge is 0.238 e. The third kappa shape index (κ3) is 7.80. The van der Waals surface area contributed by atoms with Crippen molar-refractivity contribution in [2.45, 2.75) is 25.4 Å². The number of hydrogen-bond acceptors (Lipinski definition) is 8. The fourth-order valence-corrected chi connectivity index (χ4v) is 8.31. The number of allylic oxidation sites excluding steroid dienone is 1. The number of aliphatic hydroxyl groups excluding tert-OH is 2. The number of phenols is 1. The van der Waals surface area contributed by atoms with Crippen LogP contribution in [0.5, 0.6) is 11.5 Å². The summed E-state index contributed by atoms with van der Waals surface area (Å²) >= 11 is 0. The first-order valence-corrected chi connectivity index (χ1v) is 19.2. The predicted molar refractivity (Wildman–Crippen MR) is 223 cm³/mol. The van der Waals surface area contributed by atoms with Gasteiger partial charge in [-0.15, -0.1) is 0 Å². The standard InChI is InChI=1S/C48H43N3O6/c52-29-41-45(44(54)25-19-32(42-17-9-10-26-49-42)27-31-18-24-43(53)39-16-8-7-15-38(31)39)33(30-57-37-13-5-2-6-14-37)28-40-46(41)48(56)51(47(40)55)36-22-20-35(21-23-36)50-34-11-3-1-4-12-34/h1-18,20-24,26-27,40-41,44,46,50,52-54H,19,25,28-30H2/b32-27-/t40-,41+,44-,46-/m1/s1. The Morgan fingerprint density at radius 3 is 2.21 bits per heavy atom. The zero-order valence-corrected chi connectivity index (χ0v) is 31.2. The molecule has 9 heteroatoms. The van der Waals surface area contributed by atoms with Crippen molar-refractivity contribution in [1.82, 2.24) is 4.98 Å². The maximum absolute atomic E-state index is 14.3. The molecule has 2 aliphatic rings. The lowest BCUT2D eigenvalue weighted by molar-refractivity contribution is -0.123. The van der Waals surface area contributed by atoms with E-state index in [1.54, 1.807) is 24.4 Å². The summed E-state index contributed by atoms with van der Waals surface area (Å²) in [6.07, 6.45) is 3.54. The van der Waals surface area contributed by atoms with Gasteiger partial charge in [-0.1, -0.05) is 72.8 Å². The summed E-state index contributed by atoms with van der Waals surface area (Å²) in [7, 11) is 0. The second-order valence-electron chi connectivity index (χ2n) is 14.5. The molecule has 4 N–H and O–H groups in total. The molecule has 1 fully saturated rings. The Morgan fingerprint density at radius 2 is 1.49 bits per heavy atom. The largest absolute Gasteiger partial charge is 0.507 e. The second-order valence-corrected chi connectivity index (χ2v) is 14.5. The van der Waals surface area contributed by atoms with Crippen LogP contribution in [0.4, 0.5) is 17.1 Å². The highest BCUT2D eigenvalue weighted by molar-refractivity contribution is 6.22. The second kappa shape index (κ2) is 16.7. The van der Waals surface area contributed by atoms with E-state index < -0.39 is 36.4 Å². The van der Waals surface area contributed by atoms with Crippen LogP contribution in [0.25, 0.3) is 22.4 Å². The average Bonchev–Trinajstić information content (AvgIpc) is 3.51. The third-order valence-corrected chi connectivity index (χ3v) is 11.0. The lowest BCUT2D eigenvalue weighted by Gasteiger charge is -2.36. The van der Waals surface area contributed by atoms with Crippen molar-refractivity contribution in [3.05, 3.63) is 168 Å². The Kier molecular flexibility index (Phi) is 10.9. The minimum atomic E-state index is -1.07. The van der Waals surface area contributed by atoms with E-state index in [0.29, 0.717) is 29.0 Å². The molecule has 1 aromatic heterocycles. The number of fused-ring (bicyclic) bond motifs is 2. The van der Waals surface area contributed by atoms with Gasteiger partial charge in [0.25, 0.3) is 0 Å². The lowest BCUT2D eigenvalue weighted by Crippen LogP contribution is -2.40. The van der Waals surface area contributed by atoms with Crippen molar-refractivity contribution in [1.29, 1.82) is 0 Å². The molecule has 57 heavy (non-hydrogen) atoms. The summed E-state index contributed by atoms with van der Waals surface area (Å²) in [6, 6.07) is 43.0. The van der Waals surface area contributed by atoms with Crippen molar-refractivity contribution in [3.8, 4) is 11.5 Å². The lowest BCUT2D eigenvalue weighted by atomic mass is 9.68. The first-order valence-electron chi connectivity index (χ1n) is 19.2. The van der Waals surface area contributed by atoms with Crippen LogP contribution in [-0.4, -0.2) is 51.4 Å². The van der Waals surface area contributed by atoms with Gasteiger partial charge < -0.3 is 25.4 Å². The van der Waals surface area contributed by atoms with E-state index in [1.165, 1.54) is 4.90 Å². The minimum absolute atomic E-state index is 0.0832. The SMILES string of the molecule is O=C1[C@@H]2[C@@H](CC(COc3ccccc3)=C([C@H](O)CC/C(=C/c3ccc(O)c4ccccc34)c3ccccn3)[C@@H]2CO)C(=O)N1c1ccc(Nc2ccccc2)cc1. The van der Waals surface area contributed by atoms with Gasteiger partial charge >= 0.3 is 0 Å². The van der Waals surface area contributed by atoms with E-state index >= 15 is 0 Å². The number of aromatic hydroxyl groups is 1. The summed E-state index contributed by atoms with van der Waals surface area (Å²) in [5.41, 5.74) is 5.90. The highest BCUT2D eigenvalue weighted by Gasteiger charge is 2.55. The third-order valence-electron chi connectivity index (χ3n) is 11.0. The number of carbonyl (C=O) groups excluding carboxylic acids is 2. The average molecular weight is 758 g/mol. The molecule has 286 valence electrons. The number of ether oxygens (including phenoxy) is 1. The molecule has 0 radical (unpaired) electrons. The Balaban J connectivity index is 1.10. The molecule has 2 amide bonds. The number of imide groups is 1. The number of nitrogens with one attached hydrogen (secondary N) is 1. The van der Waals surface area contributed by atoms with Crippen LogP contribution in [0.2, 0.25) is 0 Å². The predicted octanol–water partition coefficient (Wildman–Crippen LogP) is 8.56. The Hall–Kier alpha value is -6.55. The maximum atomic E-state index is 14.3. The number of aliphatic hydroxyl groups is 2. The monoisotopic (exact) mass is 757 g/mol. The van der Waals surface area contributed by atoms with Crippen LogP contribution in [0.15, 0.2) is 157 Å². The highest BCUT2D eigenvalue weighted by atomic mass is 16.5. The van der Waals surface area contributed by atoms with Crippen molar-refractivity contribution in [2.24, 2.45) is 17.8 Å². The van der Waals surface area contributed by atoms with Crippen molar-refractivity contribution < 1.29 is 29.6 Å². The van der Waals surface area contributed by atoms with Crippen molar-refractivity contribution in [3.63, 3.8) is 0 Å². The van der Waals surface area contributed by atoms with Crippen molar-refractivity contribution in [2.75, 3.05) is 23.4 Å². The van der Waals surface area contributed by atoms with Crippen LogP contribution in [0.1, 0.15) is 30.5 Å². The molecule has 5 aromatic carbocycles. The number of pyridine rings is 1. The van der Waals surface area contributed by atoms with E-state index in [2.05, 4.69) is 10.3 Å². The summed E-state index contributed by atoms with van der Waals surface area (Å²) in [5, 5.41) is 38.7. The molecule has 0 spiro atoms. The van der Waals surface area contributed by atoms with Gasteiger partial charge in [-0.25, -0.2) is 0 Å². The van der Waals surface area contributed by atoms with Crippen LogP contribution in [0.3, 0.4) is 0 Å². The number of phenolic OH excluding ortho intramolecular Hbond substituents is 1. The molecule has 9 nitrogen and oxygen atoms in total. The van der Waals surface area contributed by atoms with Gasteiger partial charge in [0, 0.05) is 28.9 Å². The normalized spacial score (nSPS) is 18.8. The molecule has 8 rings (SSSR count). The molecule has 0 saturated carbocycles. The van der Waals surface area contributed by atoms with Gasteiger partial charge in [-0.2, -0.15) is 0 Å². The molecule has 0 unspecified atom stereocenters. The Bertz CT molecular complexity index is 2430. The number of amides is 2. The summed E-state index contributed by atoms with van der Waals surface area (Å²) < 4.78 is 6.22. The molecular formula is C48H43N3O6. The number of aromatic nitrogens is 1. The van der Waals surface area contributed by atoms with Gasteiger partial charge in [0.05, 0.1) is 35.9 Å². The highest BCUT2D eigenvalue weighted by Crippen LogP contribution is 2.48. The molecule has 4 atom stereocenters. The van der Waals surface area contributed by atoms with Crippen LogP contribution >= 0.6 is 0 Å². The van der Waals surface area contributed by atoms with Crippen molar-refractivity contribution >= 4 is 51.3 Å². The van der Waals surface area contributed by atoms with Crippen LogP contribution < -0.4 is 15.0 Å². The summed E-state index contributed by atoms with van der Waals surface area (Å²) in [6.45, 7) is -0.350. The number of para-hydroxylation sites is 2. The molecule has 1 aliphatic carbocycles. The summed E-state index contributed by atoms with van der Waals surface area (Å²) in [5.74, 6) is -2.30. The number of benzene rings is 5. The number of nitrogens with zero attached hydrogens (tertiary/aromatic N) is 2. The number of hydrogen-bond donors (Lipinski definition) is 4. The minimum Gasteiger partial charge on any atom is -0.507 e. The molecule has 6 aromatic rings. The summed E-state index contributed by atoms with van der Waals surface area (Å²) in [4.78, 5) is 34.4. The number of carbonyl (C=O) groups is 2. The quantitative estimate of drug-likeness (QED) is 0.0681. The first kappa shape index (κ1) is 37.4. The Morgan fingerprint density at radius 1 is 0.807 bits per heavy atom. The van der Waals surface area contributed by atoms with E-state index in [4.69, 9.17) is 4.74 Å². The van der Waals surface area contributed by atoms with Gasteiger partial charge in [0.1, 0.15) is 18.1 Å². The van der Waals surface area contributed by atoms with Gasteiger partial charge in [0.15, 0.2) is 0 Å². The number of rotatable bonds is 13. The van der Waals surface area contributed by atoms with Gasteiger partial charge in [0.2, 0.25) is 11.8 Å². The topological polar surface area (TPSA) is 132 Å². The number of anilines is 3. The van der Waals surface area contributed by atoms with E-state index in [-0.39, 0.29) is 31.1 Å². The molecule has 1 aliphatic heterocycles. The van der Waals surface area contributed by atoms with E-state index in [9.17, 15) is 24.9 Å². The maximum Gasteiger partial charge on any atom is 0.238 e. The molecule has 1 saturated heterocycles. The zero-order chi connectivity index (χ0) is 39.3. The van der Waals surface area contributed by atoms with E-state index in [1.807, 2.05) is 127 Å². The fourth-order valence-electron chi connectivity index (χ4n) is 8.31.